The summed E-state index contributed by atoms with van der Waals surface area (Å²) in [5, 5.41) is 0. The summed E-state index contributed by atoms with van der Waals surface area (Å²) in [6.07, 6.45) is 2.45. The molecule has 88 valence electrons. The SMILES string of the molecule is COc1cc(C(N)C2CC2)c(OC)cc1C. The summed E-state index contributed by atoms with van der Waals surface area (Å²) < 4.78 is 10.7. The van der Waals surface area contributed by atoms with Crippen LogP contribution in [0.15, 0.2) is 12.1 Å². The monoisotopic (exact) mass is 221 g/mol. The first-order chi connectivity index (χ1) is 7.67. The Hall–Kier alpha value is -1.22. The van der Waals surface area contributed by atoms with E-state index in [1.165, 1.54) is 12.8 Å². The van der Waals surface area contributed by atoms with Crippen molar-refractivity contribution < 1.29 is 9.47 Å². The number of nitrogens with two attached hydrogens (primary N) is 1. The molecule has 0 bridgehead atoms. The van der Waals surface area contributed by atoms with Gasteiger partial charge >= 0.3 is 0 Å². The summed E-state index contributed by atoms with van der Waals surface area (Å²) in [7, 11) is 3.37. The van der Waals surface area contributed by atoms with Crippen LogP contribution in [-0.4, -0.2) is 14.2 Å². The van der Waals surface area contributed by atoms with Crippen molar-refractivity contribution in [3.05, 3.63) is 23.3 Å². The third-order valence-corrected chi connectivity index (χ3v) is 3.24. The molecule has 0 spiro atoms. The number of rotatable bonds is 4. The van der Waals surface area contributed by atoms with E-state index in [1.807, 2.05) is 19.1 Å². The predicted octanol–water partition coefficient (Wildman–Crippen LogP) is 2.42. The van der Waals surface area contributed by atoms with Gasteiger partial charge in [0.15, 0.2) is 0 Å². The number of ether oxygens (including phenoxy) is 2. The van der Waals surface area contributed by atoms with Crippen LogP contribution < -0.4 is 15.2 Å². The maximum absolute atomic E-state index is 6.21. The second-order valence-electron chi connectivity index (χ2n) is 4.43. The standard InChI is InChI=1S/C13H19NO2/c1-8-6-12(16-3)10(7-11(8)15-2)13(14)9-4-5-9/h6-7,9,13H,4-5,14H2,1-3H3. The van der Waals surface area contributed by atoms with Crippen molar-refractivity contribution >= 4 is 0 Å². The van der Waals surface area contributed by atoms with Gasteiger partial charge in [0.1, 0.15) is 11.5 Å². The molecule has 2 rings (SSSR count). The van der Waals surface area contributed by atoms with Crippen LogP contribution in [0.4, 0.5) is 0 Å². The summed E-state index contributed by atoms with van der Waals surface area (Å²) in [4.78, 5) is 0. The Morgan fingerprint density at radius 2 is 1.81 bits per heavy atom. The average molecular weight is 221 g/mol. The van der Waals surface area contributed by atoms with E-state index in [4.69, 9.17) is 15.2 Å². The molecule has 2 N–H and O–H groups in total. The topological polar surface area (TPSA) is 44.5 Å². The maximum atomic E-state index is 6.21. The second kappa shape index (κ2) is 4.34. The third kappa shape index (κ3) is 2.00. The summed E-state index contributed by atoms with van der Waals surface area (Å²) in [5.74, 6) is 2.37. The first-order valence-corrected chi connectivity index (χ1v) is 5.65. The molecule has 1 unspecified atom stereocenters. The fraction of sp³-hybridized carbons (Fsp3) is 0.538. The zero-order valence-electron chi connectivity index (χ0n) is 10.1. The third-order valence-electron chi connectivity index (χ3n) is 3.24. The van der Waals surface area contributed by atoms with Gasteiger partial charge in [0.05, 0.1) is 14.2 Å². The van der Waals surface area contributed by atoms with Gasteiger partial charge in [-0.05, 0) is 43.4 Å². The molecule has 1 fully saturated rings. The molecule has 3 heteroatoms. The van der Waals surface area contributed by atoms with Crippen LogP contribution in [0.5, 0.6) is 11.5 Å². The largest absolute Gasteiger partial charge is 0.496 e. The average Bonchev–Trinajstić information content (AvgIpc) is 3.11. The first kappa shape index (κ1) is 11.3. The molecule has 0 heterocycles. The Bertz CT molecular complexity index is 386. The highest BCUT2D eigenvalue weighted by atomic mass is 16.5. The minimum atomic E-state index is 0.0736. The Morgan fingerprint density at radius 3 is 2.31 bits per heavy atom. The van der Waals surface area contributed by atoms with E-state index < -0.39 is 0 Å². The highest BCUT2D eigenvalue weighted by Crippen LogP contribution is 2.43. The van der Waals surface area contributed by atoms with Crippen LogP contribution in [-0.2, 0) is 0 Å². The smallest absolute Gasteiger partial charge is 0.124 e. The molecule has 3 nitrogen and oxygen atoms in total. The Kier molecular flexibility index (Phi) is 3.06. The van der Waals surface area contributed by atoms with Gasteiger partial charge in [-0.15, -0.1) is 0 Å². The number of aryl methyl sites for hydroxylation is 1. The van der Waals surface area contributed by atoms with Crippen LogP contribution in [0.3, 0.4) is 0 Å². The van der Waals surface area contributed by atoms with Crippen LogP contribution in [0, 0.1) is 12.8 Å². The first-order valence-electron chi connectivity index (χ1n) is 5.65. The number of methoxy groups -OCH3 is 2. The van der Waals surface area contributed by atoms with Crippen molar-refractivity contribution in [3.8, 4) is 11.5 Å². The molecule has 1 atom stereocenters. The van der Waals surface area contributed by atoms with Crippen molar-refractivity contribution in [2.75, 3.05) is 14.2 Å². The quantitative estimate of drug-likeness (QED) is 0.849. The van der Waals surface area contributed by atoms with E-state index in [-0.39, 0.29) is 6.04 Å². The molecule has 0 radical (unpaired) electrons. The lowest BCUT2D eigenvalue weighted by Gasteiger charge is -2.17. The molecule has 1 aromatic rings. The van der Waals surface area contributed by atoms with Crippen LogP contribution >= 0.6 is 0 Å². The molecule has 1 saturated carbocycles. The highest BCUT2D eigenvalue weighted by Gasteiger charge is 2.31. The van der Waals surface area contributed by atoms with Crippen LogP contribution in [0.2, 0.25) is 0 Å². The van der Waals surface area contributed by atoms with E-state index >= 15 is 0 Å². The van der Waals surface area contributed by atoms with Gasteiger partial charge < -0.3 is 15.2 Å². The van der Waals surface area contributed by atoms with Crippen LogP contribution in [0.1, 0.15) is 30.0 Å². The normalized spacial score (nSPS) is 17.0. The van der Waals surface area contributed by atoms with Gasteiger partial charge in [-0.2, -0.15) is 0 Å². The fourth-order valence-corrected chi connectivity index (χ4v) is 2.04. The molecule has 0 aromatic heterocycles. The molecule has 0 aliphatic heterocycles. The Labute approximate surface area is 96.5 Å². The van der Waals surface area contributed by atoms with Gasteiger partial charge in [-0.1, -0.05) is 0 Å². The number of hydrogen-bond acceptors (Lipinski definition) is 3. The van der Waals surface area contributed by atoms with Crippen molar-refractivity contribution in [2.45, 2.75) is 25.8 Å². The van der Waals surface area contributed by atoms with E-state index in [1.54, 1.807) is 14.2 Å². The minimum absolute atomic E-state index is 0.0736. The van der Waals surface area contributed by atoms with Crippen molar-refractivity contribution in [1.29, 1.82) is 0 Å². The molecule has 16 heavy (non-hydrogen) atoms. The summed E-state index contributed by atoms with van der Waals surface area (Å²) in [6.45, 7) is 2.01. The lowest BCUT2D eigenvalue weighted by molar-refractivity contribution is 0.391. The number of benzene rings is 1. The van der Waals surface area contributed by atoms with Gasteiger partial charge in [0.2, 0.25) is 0 Å². The van der Waals surface area contributed by atoms with Gasteiger partial charge in [0.25, 0.3) is 0 Å². The second-order valence-corrected chi connectivity index (χ2v) is 4.43. The molecular formula is C13H19NO2. The van der Waals surface area contributed by atoms with Crippen molar-refractivity contribution in [1.82, 2.24) is 0 Å². The summed E-state index contributed by atoms with van der Waals surface area (Å²) >= 11 is 0. The molecule has 1 aliphatic carbocycles. The van der Waals surface area contributed by atoms with E-state index in [0.717, 1.165) is 22.6 Å². The van der Waals surface area contributed by atoms with Gasteiger partial charge in [-0.25, -0.2) is 0 Å². The Morgan fingerprint density at radius 1 is 1.19 bits per heavy atom. The molecule has 1 aromatic carbocycles. The van der Waals surface area contributed by atoms with Gasteiger partial charge in [-0.3, -0.25) is 0 Å². The zero-order valence-corrected chi connectivity index (χ0v) is 10.1. The lowest BCUT2D eigenvalue weighted by Crippen LogP contribution is -2.14. The molecule has 0 amide bonds. The summed E-state index contributed by atoms with van der Waals surface area (Å²) in [6, 6.07) is 4.08. The fourth-order valence-electron chi connectivity index (χ4n) is 2.04. The maximum Gasteiger partial charge on any atom is 0.124 e. The zero-order chi connectivity index (χ0) is 11.7. The predicted molar refractivity (Wildman–Crippen MR) is 63.9 cm³/mol. The molecule has 1 aliphatic rings. The van der Waals surface area contributed by atoms with Crippen molar-refractivity contribution in [3.63, 3.8) is 0 Å². The lowest BCUT2D eigenvalue weighted by atomic mass is 10.00. The summed E-state index contributed by atoms with van der Waals surface area (Å²) in [5.41, 5.74) is 8.35. The van der Waals surface area contributed by atoms with E-state index in [2.05, 4.69) is 0 Å². The molecular weight excluding hydrogens is 202 g/mol. The van der Waals surface area contributed by atoms with Crippen LogP contribution in [0.25, 0.3) is 0 Å². The molecule has 0 saturated heterocycles. The highest BCUT2D eigenvalue weighted by molar-refractivity contribution is 5.47. The Balaban J connectivity index is 2.39. The van der Waals surface area contributed by atoms with Gasteiger partial charge in [0, 0.05) is 11.6 Å². The number of hydrogen-bond donors (Lipinski definition) is 1. The van der Waals surface area contributed by atoms with E-state index in [0.29, 0.717) is 5.92 Å². The van der Waals surface area contributed by atoms with E-state index in [9.17, 15) is 0 Å². The van der Waals surface area contributed by atoms with Crippen molar-refractivity contribution in [2.24, 2.45) is 11.7 Å². The minimum Gasteiger partial charge on any atom is -0.496 e.